The number of nitrogens with zero attached hydrogens (tertiary/aromatic N) is 2. The van der Waals surface area contributed by atoms with Gasteiger partial charge < -0.3 is 24.8 Å². The first-order chi connectivity index (χ1) is 14.4. The molecule has 30 heavy (non-hydrogen) atoms. The second-order valence-electron chi connectivity index (χ2n) is 6.73. The Balaban J connectivity index is 1.87. The highest BCUT2D eigenvalue weighted by Gasteiger charge is 2.15. The largest absolute Gasteiger partial charge is 0.496 e. The number of carbonyl (C=O) groups is 2. The van der Waals surface area contributed by atoms with Crippen LogP contribution in [-0.4, -0.2) is 63.2 Å². The summed E-state index contributed by atoms with van der Waals surface area (Å²) in [5.74, 6) is 1.67. The van der Waals surface area contributed by atoms with E-state index in [9.17, 15) is 9.59 Å². The number of carbonyl (C=O) groups excluding carboxylic acids is 2. The molecule has 0 spiro atoms. The van der Waals surface area contributed by atoms with E-state index >= 15 is 0 Å². The van der Waals surface area contributed by atoms with Crippen molar-refractivity contribution in [2.45, 2.75) is 13.5 Å². The van der Waals surface area contributed by atoms with Crippen LogP contribution < -0.4 is 24.8 Å². The van der Waals surface area contributed by atoms with Crippen molar-refractivity contribution in [1.82, 2.24) is 15.2 Å². The highest BCUT2D eigenvalue weighted by atomic mass is 16.5. The van der Waals surface area contributed by atoms with Crippen molar-refractivity contribution in [1.29, 1.82) is 0 Å². The molecule has 162 valence electrons. The third-order valence-electron chi connectivity index (χ3n) is 4.27. The van der Waals surface area contributed by atoms with E-state index in [0.29, 0.717) is 23.1 Å². The van der Waals surface area contributed by atoms with Gasteiger partial charge in [0, 0.05) is 24.4 Å². The fraction of sp³-hybridized carbons (Fsp3) is 0.381. The molecule has 2 amide bonds. The summed E-state index contributed by atoms with van der Waals surface area (Å²) in [4.78, 5) is 30.1. The van der Waals surface area contributed by atoms with Crippen LogP contribution in [0, 0.1) is 6.92 Å². The molecular formula is C21H28N4O5. The minimum absolute atomic E-state index is 0.0583. The number of nitrogens with one attached hydrogen (secondary N) is 2. The van der Waals surface area contributed by atoms with Crippen molar-refractivity contribution in [3.05, 3.63) is 41.6 Å². The normalized spacial score (nSPS) is 10.5. The van der Waals surface area contributed by atoms with Gasteiger partial charge in [-0.3, -0.25) is 14.5 Å². The third-order valence-corrected chi connectivity index (χ3v) is 4.27. The third kappa shape index (κ3) is 6.63. The van der Waals surface area contributed by atoms with Crippen LogP contribution in [0.1, 0.15) is 11.1 Å². The van der Waals surface area contributed by atoms with Gasteiger partial charge in [0.15, 0.2) is 11.5 Å². The minimum atomic E-state index is -0.245. The molecule has 1 aromatic heterocycles. The first-order valence-corrected chi connectivity index (χ1v) is 9.33. The van der Waals surface area contributed by atoms with E-state index in [-0.39, 0.29) is 31.4 Å². The molecule has 2 aromatic rings. The minimum Gasteiger partial charge on any atom is -0.496 e. The smallest absolute Gasteiger partial charge is 0.239 e. The van der Waals surface area contributed by atoms with Crippen molar-refractivity contribution >= 4 is 17.6 Å². The van der Waals surface area contributed by atoms with E-state index in [4.69, 9.17) is 14.2 Å². The Hall–Kier alpha value is -3.33. The zero-order valence-corrected chi connectivity index (χ0v) is 17.9. The second kappa shape index (κ2) is 11.0. The highest BCUT2D eigenvalue weighted by molar-refractivity contribution is 5.91. The maximum absolute atomic E-state index is 12.3. The summed E-state index contributed by atoms with van der Waals surface area (Å²) in [7, 11) is 6.32. The van der Waals surface area contributed by atoms with Crippen molar-refractivity contribution in [2.75, 3.05) is 46.8 Å². The molecule has 1 heterocycles. The molecule has 0 saturated heterocycles. The summed E-state index contributed by atoms with van der Waals surface area (Å²) in [6.07, 6.45) is 1.63. The molecule has 0 unspecified atom stereocenters. The lowest BCUT2D eigenvalue weighted by Crippen LogP contribution is -2.38. The van der Waals surface area contributed by atoms with Crippen LogP contribution in [-0.2, 0) is 16.1 Å². The quantitative estimate of drug-likeness (QED) is 0.607. The number of hydrogen-bond acceptors (Lipinski definition) is 7. The standard InChI is InChI=1S/C21H28N4O5/c1-14-6-7-22-19(8-14)24-21(27)13-25(2)12-20(26)23-11-15-9-17(29-4)18(30-5)10-16(15)28-3/h6-10H,11-13H2,1-5H3,(H,23,26)(H,22,24,27). The van der Waals surface area contributed by atoms with E-state index in [2.05, 4.69) is 15.6 Å². The molecule has 9 nitrogen and oxygen atoms in total. The summed E-state index contributed by atoms with van der Waals surface area (Å²) in [6, 6.07) is 7.08. The number of anilines is 1. The molecule has 2 rings (SSSR count). The number of pyridine rings is 1. The molecule has 0 radical (unpaired) electrons. The topological polar surface area (TPSA) is 102 Å². The van der Waals surface area contributed by atoms with Crippen molar-refractivity contribution < 1.29 is 23.8 Å². The number of likely N-dealkylation sites (N-methyl/N-ethyl adjacent to an activating group) is 1. The molecule has 0 atom stereocenters. The molecule has 0 aliphatic heterocycles. The van der Waals surface area contributed by atoms with Crippen LogP contribution in [0.2, 0.25) is 0 Å². The number of benzene rings is 1. The number of methoxy groups -OCH3 is 3. The van der Waals surface area contributed by atoms with E-state index < -0.39 is 0 Å². The van der Waals surface area contributed by atoms with Crippen molar-refractivity contribution in [2.24, 2.45) is 0 Å². The van der Waals surface area contributed by atoms with Crippen molar-refractivity contribution in [3.63, 3.8) is 0 Å². The second-order valence-corrected chi connectivity index (χ2v) is 6.73. The molecular weight excluding hydrogens is 388 g/mol. The Kier molecular flexibility index (Phi) is 8.42. The van der Waals surface area contributed by atoms with Gasteiger partial charge in [0.2, 0.25) is 11.8 Å². The summed E-state index contributed by atoms with van der Waals surface area (Å²) in [5, 5.41) is 5.54. The van der Waals surface area contributed by atoms with Gasteiger partial charge in [-0.2, -0.15) is 0 Å². The summed E-state index contributed by atoms with van der Waals surface area (Å²) in [6.45, 7) is 2.28. The summed E-state index contributed by atoms with van der Waals surface area (Å²) >= 11 is 0. The van der Waals surface area contributed by atoms with Gasteiger partial charge in [-0.25, -0.2) is 4.98 Å². The Morgan fingerprint density at radius 3 is 2.23 bits per heavy atom. The number of aryl methyl sites for hydroxylation is 1. The van der Waals surface area contributed by atoms with E-state index in [1.165, 1.54) is 0 Å². The number of ether oxygens (including phenoxy) is 3. The van der Waals surface area contributed by atoms with Crippen molar-refractivity contribution in [3.8, 4) is 17.2 Å². The SMILES string of the molecule is COc1cc(OC)c(OC)cc1CNC(=O)CN(C)CC(=O)Nc1cc(C)ccn1. The number of hydrogen-bond donors (Lipinski definition) is 2. The molecule has 0 bridgehead atoms. The molecule has 2 N–H and O–H groups in total. The molecule has 0 aliphatic rings. The maximum atomic E-state index is 12.3. The Morgan fingerprint density at radius 2 is 1.60 bits per heavy atom. The van der Waals surface area contributed by atoms with Gasteiger partial charge in [-0.15, -0.1) is 0 Å². The summed E-state index contributed by atoms with van der Waals surface area (Å²) < 4.78 is 15.9. The average Bonchev–Trinajstić information content (AvgIpc) is 2.71. The molecule has 9 heteroatoms. The van der Waals surface area contributed by atoms with E-state index in [1.807, 2.05) is 13.0 Å². The molecule has 0 aliphatic carbocycles. The first kappa shape index (κ1) is 23.0. The summed E-state index contributed by atoms with van der Waals surface area (Å²) in [5.41, 5.74) is 1.74. The monoisotopic (exact) mass is 416 g/mol. The average molecular weight is 416 g/mol. The Morgan fingerprint density at radius 1 is 0.967 bits per heavy atom. The number of rotatable bonds is 10. The van der Waals surface area contributed by atoms with Crippen LogP contribution in [0.15, 0.2) is 30.5 Å². The van der Waals surface area contributed by atoms with Gasteiger partial charge in [-0.1, -0.05) is 0 Å². The van der Waals surface area contributed by atoms with Gasteiger partial charge in [0.1, 0.15) is 11.6 Å². The lowest BCUT2D eigenvalue weighted by molar-refractivity contribution is -0.123. The van der Waals surface area contributed by atoms with Crippen LogP contribution >= 0.6 is 0 Å². The fourth-order valence-corrected chi connectivity index (χ4v) is 2.81. The predicted octanol–water partition coefficient (Wildman–Crippen LogP) is 1.60. The molecule has 0 saturated carbocycles. The Labute approximate surface area is 176 Å². The Bertz CT molecular complexity index is 888. The lowest BCUT2D eigenvalue weighted by Gasteiger charge is -2.17. The van der Waals surface area contributed by atoms with Gasteiger partial charge in [0.25, 0.3) is 0 Å². The van der Waals surface area contributed by atoms with Gasteiger partial charge in [-0.05, 0) is 37.7 Å². The highest BCUT2D eigenvalue weighted by Crippen LogP contribution is 2.34. The first-order valence-electron chi connectivity index (χ1n) is 9.33. The fourth-order valence-electron chi connectivity index (χ4n) is 2.81. The van der Waals surface area contributed by atoms with Crippen LogP contribution in [0.5, 0.6) is 17.2 Å². The maximum Gasteiger partial charge on any atom is 0.239 e. The van der Waals surface area contributed by atoms with E-state index in [0.717, 1.165) is 11.1 Å². The predicted molar refractivity (Wildman–Crippen MR) is 113 cm³/mol. The van der Waals surface area contributed by atoms with Crippen LogP contribution in [0.25, 0.3) is 0 Å². The zero-order valence-electron chi connectivity index (χ0n) is 17.9. The van der Waals surface area contributed by atoms with Gasteiger partial charge >= 0.3 is 0 Å². The van der Waals surface area contributed by atoms with E-state index in [1.54, 1.807) is 57.7 Å². The number of amides is 2. The van der Waals surface area contributed by atoms with Crippen LogP contribution in [0.3, 0.4) is 0 Å². The number of aromatic nitrogens is 1. The molecule has 0 fully saturated rings. The van der Waals surface area contributed by atoms with Gasteiger partial charge in [0.05, 0.1) is 34.4 Å². The lowest BCUT2D eigenvalue weighted by atomic mass is 10.1. The molecule has 1 aromatic carbocycles. The van der Waals surface area contributed by atoms with Crippen LogP contribution in [0.4, 0.5) is 5.82 Å². The zero-order chi connectivity index (χ0) is 22.1.